The third-order valence-corrected chi connectivity index (χ3v) is 5.56. The predicted molar refractivity (Wildman–Crippen MR) is 109 cm³/mol. The molecule has 2 fully saturated rings. The topological polar surface area (TPSA) is 54.0 Å². The van der Waals surface area contributed by atoms with Gasteiger partial charge in [-0.05, 0) is 30.5 Å². The minimum Gasteiger partial charge on any atom is -0.493 e. The normalized spacial score (nSPS) is 19.9. The van der Waals surface area contributed by atoms with E-state index < -0.39 is 0 Å². The van der Waals surface area contributed by atoms with Crippen LogP contribution in [0.2, 0.25) is 0 Å². The Bertz CT molecular complexity index is 823. The first kappa shape index (κ1) is 18.6. The summed E-state index contributed by atoms with van der Waals surface area (Å²) in [5, 5.41) is 3.03. The van der Waals surface area contributed by atoms with Crippen molar-refractivity contribution >= 4 is 11.7 Å². The van der Waals surface area contributed by atoms with Crippen molar-refractivity contribution in [3.05, 3.63) is 54.1 Å². The second-order valence-corrected chi connectivity index (χ2v) is 7.35. The van der Waals surface area contributed by atoms with Gasteiger partial charge < -0.3 is 19.7 Å². The van der Waals surface area contributed by atoms with Crippen molar-refractivity contribution in [1.29, 1.82) is 0 Å². The molecule has 1 saturated heterocycles. The van der Waals surface area contributed by atoms with E-state index >= 15 is 0 Å². The van der Waals surface area contributed by atoms with Gasteiger partial charge in [0.2, 0.25) is 0 Å². The Morgan fingerprint density at radius 1 is 1.00 bits per heavy atom. The van der Waals surface area contributed by atoms with Crippen LogP contribution >= 0.6 is 0 Å². The van der Waals surface area contributed by atoms with Crippen LogP contribution in [0.1, 0.15) is 24.4 Å². The molecule has 4 rings (SSSR count). The average molecular weight is 381 g/mol. The summed E-state index contributed by atoms with van der Waals surface area (Å²) in [7, 11) is 3.19. The Balaban J connectivity index is 1.53. The molecule has 2 aromatic rings. The highest BCUT2D eigenvalue weighted by Crippen LogP contribution is 2.34. The number of benzene rings is 2. The number of urea groups is 1. The van der Waals surface area contributed by atoms with Crippen molar-refractivity contribution in [2.24, 2.45) is 0 Å². The van der Waals surface area contributed by atoms with Crippen LogP contribution in [0.15, 0.2) is 48.5 Å². The summed E-state index contributed by atoms with van der Waals surface area (Å²) >= 11 is 0. The summed E-state index contributed by atoms with van der Waals surface area (Å²) in [6, 6.07) is 16.4. The molecule has 1 aliphatic heterocycles. The zero-order valence-electron chi connectivity index (χ0n) is 16.4. The fourth-order valence-corrected chi connectivity index (χ4v) is 3.89. The molecule has 6 heteroatoms. The second kappa shape index (κ2) is 8.10. The summed E-state index contributed by atoms with van der Waals surface area (Å²) in [6.07, 6.45) is 2.55. The number of amides is 2. The highest BCUT2D eigenvalue weighted by atomic mass is 16.5. The Morgan fingerprint density at radius 2 is 1.75 bits per heavy atom. The largest absolute Gasteiger partial charge is 0.493 e. The molecular weight excluding hydrogens is 354 g/mol. The molecule has 0 radical (unpaired) electrons. The Kier molecular flexibility index (Phi) is 5.39. The quantitative estimate of drug-likeness (QED) is 0.857. The van der Waals surface area contributed by atoms with Crippen molar-refractivity contribution in [2.75, 3.05) is 39.2 Å². The molecule has 1 N–H and O–H groups in total. The van der Waals surface area contributed by atoms with Crippen LogP contribution in [-0.2, 0) is 0 Å². The van der Waals surface area contributed by atoms with Crippen LogP contribution in [0, 0.1) is 0 Å². The number of nitrogens with zero attached hydrogens (tertiary/aromatic N) is 2. The number of carbonyl (C=O) groups excluding carboxylic acids is 1. The molecule has 1 atom stereocenters. The van der Waals surface area contributed by atoms with Gasteiger partial charge >= 0.3 is 6.03 Å². The molecule has 2 amide bonds. The maximum atomic E-state index is 13.1. The van der Waals surface area contributed by atoms with E-state index in [1.165, 1.54) is 18.4 Å². The van der Waals surface area contributed by atoms with E-state index in [1.54, 1.807) is 26.4 Å². The Labute approximate surface area is 166 Å². The van der Waals surface area contributed by atoms with E-state index in [0.717, 1.165) is 19.6 Å². The lowest BCUT2D eigenvalue weighted by atomic mass is 10.0. The highest BCUT2D eigenvalue weighted by Gasteiger charge is 2.37. The molecule has 28 heavy (non-hydrogen) atoms. The molecule has 0 aromatic heterocycles. The van der Waals surface area contributed by atoms with Crippen LogP contribution in [-0.4, -0.2) is 55.7 Å². The van der Waals surface area contributed by atoms with Gasteiger partial charge in [0.1, 0.15) is 0 Å². The van der Waals surface area contributed by atoms with Gasteiger partial charge in [-0.1, -0.05) is 30.3 Å². The summed E-state index contributed by atoms with van der Waals surface area (Å²) in [5.74, 6) is 1.24. The van der Waals surface area contributed by atoms with Gasteiger partial charge in [-0.3, -0.25) is 4.90 Å². The molecule has 1 aliphatic carbocycles. The molecule has 1 heterocycles. The van der Waals surface area contributed by atoms with Crippen molar-refractivity contribution < 1.29 is 14.3 Å². The standard InChI is InChI=1S/C22H27N3O3/c1-27-20-11-8-17(14-21(20)28-2)23-22(26)25-13-12-24(18-9-10-18)15-19(25)16-6-4-3-5-7-16/h3-8,11,14,18-19H,9-10,12-13,15H2,1-2H3,(H,23,26). The highest BCUT2D eigenvalue weighted by molar-refractivity contribution is 5.90. The minimum atomic E-state index is -0.0866. The van der Waals surface area contributed by atoms with Crippen molar-refractivity contribution in [2.45, 2.75) is 24.9 Å². The van der Waals surface area contributed by atoms with Gasteiger partial charge in [0, 0.05) is 37.4 Å². The number of methoxy groups -OCH3 is 2. The SMILES string of the molecule is COc1ccc(NC(=O)N2CCN(C3CC3)CC2c2ccccc2)cc1OC. The summed E-state index contributed by atoms with van der Waals surface area (Å²) in [5.41, 5.74) is 1.87. The number of hydrogen-bond acceptors (Lipinski definition) is 4. The van der Waals surface area contributed by atoms with E-state index in [0.29, 0.717) is 23.2 Å². The number of piperazine rings is 1. The Morgan fingerprint density at radius 3 is 2.43 bits per heavy atom. The lowest BCUT2D eigenvalue weighted by Crippen LogP contribution is -2.52. The maximum absolute atomic E-state index is 13.1. The Hall–Kier alpha value is -2.73. The van der Waals surface area contributed by atoms with E-state index in [1.807, 2.05) is 29.2 Å². The van der Waals surface area contributed by atoms with Crippen LogP contribution in [0.25, 0.3) is 0 Å². The molecule has 6 nitrogen and oxygen atoms in total. The van der Waals surface area contributed by atoms with Crippen LogP contribution < -0.4 is 14.8 Å². The molecule has 1 unspecified atom stereocenters. The van der Waals surface area contributed by atoms with Gasteiger partial charge in [-0.25, -0.2) is 4.79 Å². The minimum absolute atomic E-state index is 0.0516. The first-order valence-electron chi connectivity index (χ1n) is 9.78. The fourth-order valence-electron chi connectivity index (χ4n) is 3.89. The summed E-state index contributed by atoms with van der Waals surface area (Å²) < 4.78 is 10.6. The van der Waals surface area contributed by atoms with Crippen LogP contribution in [0.4, 0.5) is 10.5 Å². The third kappa shape index (κ3) is 3.92. The van der Waals surface area contributed by atoms with Gasteiger partial charge in [0.15, 0.2) is 11.5 Å². The van der Waals surface area contributed by atoms with E-state index in [4.69, 9.17) is 9.47 Å². The zero-order valence-corrected chi connectivity index (χ0v) is 16.4. The third-order valence-electron chi connectivity index (χ3n) is 5.56. The molecule has 0 spiro atoms. The molecular formula is C22H27N3O3. The van der Waals surface area contributed by atoms with Crippen molar-refractivity contribution in [1.82, 2.24) is 9.80 Å². The monoisotopic (exact) mass is 381 g/mol. The first-order valence-corrected chi connectivity index (χ1v) is 9.78. The first-order chi connectivity index (χ1) is 13.7. The smallest absolute Gasteiger partial charge is 0.322 e. The number of hydrogen-bond donors (Lipinski definition) is 1. The summed E-state index contributed by atoms with van der Waals surface area (Å²) in [4.78, 5) is 17.6. The van der Waals surface area contributed by atoms with Crippen LogP contribution in [0.3, 0.4) is 0 Å². The number of anilines is 1. The van der Waals surface area contributed by atoms with E-state index in [2.05, 4.69) is 22.3 Å². The molecule has 2 aliphatic rings. The molecule has 148 valence electrons. The second-order valence-electron chi connectivity index (χ2n) is 7.35. The predicted octanol–water partition coefficient (Wildman–Crippen LogP) is 3.76. The lowest BCUT2D eigenvalue weighted by Gasteiger charge is -2.41. The van der Waals surface area contributed by atoms with Crippen molar-refractivity contribution in [3.8, 4) is 11.5 Å². The van der Waals surface area contributed by atoms with Crippen LogP contribution in [0.5, 0.6) is 11.5 Å². The fraction of sp³-hybridized carbons (Fsp3) is 0.409. The van der Waals surface area contributed by atoms with Gasteiger partial charge in [0.25, 0.3) is 0 Å². The number of ether oxygens (including phenoxy) is 2. The van der Waals surface area contributed by atoms with E-state index in [9.17, 15) is 4.79 Å². The van der Waals surface area contributed by atoms with Crippen molar-refractivity contribution in [3.63, 3.8) is 0 Å². The van der Waals surface area contributed by atoms with E-state index in [-0.39, 0.29) is 12.1 Å². The maximum Gasteiger partial charge on any atom is 0.322 e. The number of carbonyl (C=O) groups is 1. The molecule has 2 aromatic carbocycles. The molecule has 1 saturated carbocycles. The molecule has 0 bridgehead atoms. The summed E-state index contributed by atoms with van der Waals surface area (Å²) in [6.45, 7) is 2.52. The number of nitrogens with one attached hydrogen (secondary N) is 1. The van der Waals surface area contributed by atoms with Gasteiger partial charge in [0.05, 0.1) is 20.3 Å². The van der Waals surface area contributed by atoms with Gasteiger partial charge in [-0.15, -0.1) is 0 Å². The average Bonchev–Trinajstić information content (AvgIpc) is 3.59. The van der Waals surface area contributed by atoms with Gasteiger partial charge in [-0.2, -0.15) is 0 Å². The number of rotatable bonds is 5. The lowest BCUT2D eigenvalue weighted by molar-refractivity contribution is 0.0954. The zero-order chi connectivity index (χ0) is 19.5.